The maximum absolute atomic E-state index is 6.16. The highest BCUT2D eigenvalue weighted by molar-refractivity contribution is 8.01. The van der Waals surface area contributed by atoms with Gasteiger partial charge >= 0.3 is 0 Å². The molecule has 16 heavy (non-hydrogen) atoms. The summed E-state index contributed by atoms with van der Waals surface area (Å²) in [6.07, 6.45) is 2.60. The molecule has 0 unspecified atom stereocenters. The second-order valence-corrected chi connectivity index (χ2v) is 5.75. The molecule has 1 aromatic carbocycles. The van der Waals surface area contributed by atoms with E-state index >= 15 is 0 Å². The van der Waals surface area contributed by atoms with Crippen LogP contribution in [0.5, 0.6) is 0 Å². The molecule has 1 aromatic heterocycles. The van der Waals surface area contributed by atoms with Crippen molar-refractivity contribution < 1.29 is 0 Å². The fourth-order valence-electron chi connectivity index (χ4n) is 1.38. The predicted molar refractivity (Wildman–Crippen MR) is 70.4 cm³/mol. The summed E-state index contributed by atoms with van der Waals surface area (Å²) in [7, 11) is 0. The number of rotatable bonds is 4. The van der Waals surface area contributed by atoms with Crippen molar-refractivity contribution >= 4 is 34.7 Å². The van der Waals surface area contributed by atoms with Gasteiger partial charge in [-0.05, 0) is 30.7 Å². The Morgan fingerprint density at radius 3 is 3.00 bits per heavy atom. The normalized spacial score (nSPS) is 10.6. The zero-order valence-electron chi connectivity index (χ0n) is 8.52. The Labute approximate surface area is 108 Å². The summed E-state index contributed by atoms with van der Waals surface area (Å²) < 4.78 is 1.03. The lowest BCUT2D eigenvalue weighted by Crippen LogP contribution is -2.04. The van der Waals surface area contributed by atoms with E-state index in [1.54, 1.807) is 29.3 Å². The van der Waals surface area contributed by atoms with E-state index in [0.717, 1.165) is 26.2 Å². The Bertz CT molecular complexity index is 457. The van der Waals surface area contributed by atoms with Crippen LogP contribution < -0.4 is 5.73 Å². The van der Waals surface area contributed by atoms with Crippen LogP contribution in [-0.2, 0) is 6.42 Å². The smallest absolute Gasteiger partial charge is 0.154 e. The Hall–Kier alpha value is -0.550. The minimum atomic E-state index is 0.606. The highest BCUT2D eigenvalue weighted by atomic mass is 35.5. The topological polar surface area (TPSA) is 38.9 Å². The number of thiazole rings is 1. The maximum atomic E-state index is 6.16. The van der Waals surface area contributed by atoms with Crippen LogP contribution >= 0.6 is 34.7 Å². The fraction of sp³-hybridized carbons (Fsp3) is 0.182. The Kier molecular flexibility index (Phi) is 4.23. The van der Waals surface area contributed by atoms with Gasteiger partial charge in [-0.15, -0.1) is 11.3 Å². The van der Waals surface area contributed by atoms with Crippen LogP contribution in [-0.4, -0.2) is 11.5 Å². The van der Waals surface area contributed by atoms with Crippen LogP contribution in [0, 0.1) is 0 Å². The fourth-order valence-corrected chi connectivity index (χ4v) is 3.47. The Morgan fingerprint density at radius 1 is 1.44 bits per heavy atom. The minimum absolute atomic E-state index is 0.606. The molecule has 0 atom stereocenters. The molecule has 1 heterocycles. The van der Waals surface area contributed by atoms with Crippen molar-refractivity contribution in [3.8, 4) is 0 Å². The first-order chi connectivity index (χ1) is 7.81. The monoisotopic (exact) mass is 270 g/mol. The number of hydrogen-bond acceptors (Lipinski definition) is 4. The molecule has 0 spiro atoms. The van der Waals surface area contributed by atoms with Gasteiger partial charge in [-0.1, -0.05) is 29.4 Å². The van der Waals surface area contributed by atoms with Gasteiger partial charge in [0.1, 0.15) is 0 Å². The molecule has 5 heteroatoms. The molecule has 84 valence electrons. The summed E-state index contributed by atoms with van der Waals surface area (Å²) in [5.41, 5.74) is 6.71. The molecule has 0 saturated carbocycles. The van der Waals surface area contributed by atoms with Crippen molar-refractivity contribution in [2.75, 3.05) is 6.54 Å². The first-order valence-electron chi connectivity index (χ1n) is 4.86. The van der Waals surface area contributed by atoms with Crippen molar-refractivity contribution in [3.05, 3.63) is 40.4 Å². The Balaban J connectivity index is 2.29. The van der Waals surface area contributed by atoms with E-state index < -0.39 is 0 Å². The van der Waals surface area contributed by atoms with Crippen molar-refractivity contribution in [3.63, 3.8) is 0 Å². The molecule has 0 aliphatic rings. The molecule has 2 nitrogen and oxygen atoms in total. The van der Waals surface area contributed by atoms with Crippen LogP contribution in [0.2, 0.25) is 5.02 Å². The lowest BCUT2D eigenvalue weighted by molar-refractivity contribution is 0.944. The Morgan fingerprint density at radius 2 is 2.31 bits per heavy atom. The minimum Gasteiger partial charge on any atom is -0.330 e. The van der Waals surface area contributed by atoms with Crippen molar-refractivity contribution in [2.45, 2.75) is 15.7 Å². The second kappa shape index (κ2) is 5.68. The van der Waals surface area contributed by atoms with E-state index in [1.807, 2.05) is 17.5 Å². The summed E-state index contributed by atoms with van der Waals surface area (Å²) in [5, 5.41) is 2.75. The summed E-state index contributed by atoms with van der Waals surface area (Å²) in [4.78, 5) is 5.40. The molecule has 2 aromatic rings. The van der Waals surface area contributed by atoms with Gasteiger partial charge in [-0.2, -0.15) is 0 Å². The molecule has 0 fully saturated rings. The van der Waals surface area contributed by atoms with Crippen molar-refractivity contribution in [2.24, 2.45) is 5.73 Å². The van der Waals surface area contributed by atoms with Crippen LogP contribution in [0.25, 0.3) is 0 Å². The van der Waals surface area contributed by atoms with Crippen LogP contribution in [0.1, 0.15) is 5.56 Å². The van der Waals surface area contributed by atoms with Gasteiger partial charge in [0.05, 0.1) is 0 Å². The lowest BCUT2D eigenvalue weighted by atomic mass is 10.1. The average molecular weight is 271 g/mol. The third kappa shape index (κ3) is 2.77. The van der Waals surface area contributed by atoms with E-state index in [-0.39, 0.29) is 0 Å². The molecule has 0 aliphatic heterocycles. The zero-order chi connectivity index (χ0) is 11.4. The van der Waals surface area contributed by atoms with Gasteiger partial charge in [-0.25, -0.2) is 4.98 Å². The highest BCUT2D eigenvalue weighted by Gasteiger charge is 2.08. The number of hydrogen-bond donors (Lipinski definition) is 1. The molecular weight excluding hydrogens is 260 g/mol. The predicted octanol–water partition coefficient (Wildman–Crippen LogP) is 3.45. The summed E-state index contributed by atoms with van der Waals surface area (Å²) in [6, 6.07) is 5.92. The molecule has 0 saturated heterocycles. The molecule has 0 amide bonds. The van der Waals surface area contributed by atoms with Crippen LogP contribution in [0.3, 0.4) is 0 Å². The summed E-state index contributed by atoms with van der Waals surface area (Å²) >= 11 is 9.43. The maximum Gasteiger partial charge on any atom is 0.154 e. The molecule has 0 bridgehead atoms. The summed E-state index contributed by atoms with van der Waals surface area (Å²) in [6.45, 7) is 0.606. The van der Waals surface area contributed by atoms with Gasteiger partial charge < -0.3 is 5.73 Å². The third-order valence-electron chi connectivity index (χ3n) is 2.08. The van der Waals surface area contributed by atoms with E-state index in [1.165, 1.54) is 0 Å². The number of aromatic nitrogens is 1. The molecular formula is C11H11ClN2S2. The van der Waals surface area contributed by atoms with E-state index in [0.29, 0.717) is 6.54 Å². The van der Waals surface area contributed by atoms with Gasteiger partial charge in [0.25, 0.3) is 0 Å². The van der Waals surface area contributed by atoms with E-state index in [9.17, 15) is 0 Å². The zero-order valence-corrected chi connectivity index (χ0v) is 10.9. The van der Waals surface area contributed by atoms with Gasteiger partial charge in [-0.3, -0.25) is 0 Å². The second-order valence-electron chi connectivity index (χ2n) is 3.16. The summed E-state index contributed by atoms with van der Waals surface area (Å²) in [5.74, 6) is 0. The number of nitrogens with zero attached hydrogens (tertiary/aromatic N) is 1. The molecule has 2 rings (SSSR count). The molecule has 0 radical (unpaired) electrons. The van der Waals surface area contributed by atoms with Gasteiger partial charge in [0, 0.05) is 21.5 Å². The third-order valence-corrected chi connectivity index (χ3v) is 4.42. The number of halogens is 1. The van der Waals surface area contributed by atoms with Crippen LogP contribution in [0.15, 0.2) is 39.0 Å². The van der Waals surface area contributed by atoms with Crippen molar-refractivity contribution in [1.29, 1.82) is 0 Å². The SMILES string of the molecule is NCCc1c(Cl)cccc1Sc1nccs1. The van der Waals surface area contributed by atoms with Gasteiger partial charge in [0.2, 0.25) is 0 Å². The first kappa shape index (κ1) is 11.9. The van der Waals surface area contributed by atoms with Crippen LogP contribution in [0.4, 0.5) is 0 Å². The average Bonchev–Trinajstić information content (AvgIpc) is 2.76. The first-order valence-corrected chi connectivity index (χ1v) is 6.93. The highest BCUT2D eigenvalue weighted by Crippen LogP contribution is 2.34. The van der Waals surface area contributed by atoms with E-state index in [4.69, 9.17) is 17.3 Å². The van der Waals surface area contributed by atoms with Gasteiger partial charge in [0.15, 0.2) is 4.34 Å². The molecule has 0 aliphatic carbocycles. The number of nitrogens with two attached hydrogens (primary N) is 1. The molecule has 2 N–H and O–H groups in total. The number of benzene rings is 1. The standard InChI is InChI=1S/C11H11ClN2S2/c12-9-2-1-3-10(8(9)4-5-13)16-11-14-6-7-15-11/h1-3,6-7H,4-5,13H2. The largest absolute Gasteiger partial charge is 0.330 e. The lowest BCUT2D eigenvalue weighted by Gasteiger charge is -2.08. The quantitative estimate of drug-likeness (QED) is 0.925. The van der Waals surface area contributed by atoms with Crippen molar-refractivity contribution in [1.82, 2.24) is 4.98 Å². The van der Waals surface area contributed by atoms with E-state index in [2.05, 4.69) is 11.1 Å².